The molecule has 2 heterocycles. The number of nitrogens with zero attached hydrogens (tertiary/aromatic N) is 2. The molecule has 0 bridgehead atoms. The van der Waals surface area contributed by atoms with Gasteiger partial charge in [0.15, 0.2) is 17.5 Å². The quantitative estimate of drug-likeness (QED) is 0.367. The number of pyridine rings is 1. The second-order valence-corrected chi connectivity index (χ2v) is 5.29. The predicted octanol–water partition coefficient (Wildman–Crippen LogP) is 2.89. The van der Waals surface area contributed by atoms with Crippen molar-refractivity contribution in [3.05, 3.63) is 47.8 Å². The fourth-order valence-electron chi connectivity index (χ4n) is 2.39. The number of halogens is 3. The van der Waals surface area contributed by atoms with Gasteiger partial charge >= 0.3 is 6.61 Å². The lowest BCUT2D eigenvalue weighted by molar-refractivity contribution is -0.0505. The van der Waals surface area contributed by atoms with Crippen molar-refractivity contribution >= 4 is 29.9 Å². The molecule has 0 aliphatic carbocycles. The van der Waals surface area contributed by atoms with E-state index in [1.54, 1.807) is 19.3 Å². The van der Waals surface area contributed by atoms with Crippen LogP contribution in [0, 0.1) is 0 Å². The number of nitrogens with one attached hydrogen (secondary N) is 2. The van der Waals surface area contributed by atoms with Gasteiger partial charge in [-0.3, -0.25) is 9.98 Å². The molecule has 7 nitrogen and oxygen atoms in total. The molecule has 2 aromatic rings. The highest BCUT2D eigenvalue weighted by molar-refractivity contribution is 14.0. The zero-order chi connectivity index (χ0) is 18.4. The van der Waals surface area contributed by atoms with Crippen molar-refractivity contribution in [1.82, 2.24) is 15.6 Å². The minimum Gasteiger partial charge on any atom is -0.454 e. The average molecular weight is 492 g/mol. The van der Waals surface area contributed by atoms with Crippen molar-refractivity contribution in [2.75, 3.05) is 13.8 Å². The van der Waals surface area contributed by atoms with E-state index in [9.17, 15) is 8.78 Å². The number of aliphatic imine (C=N–C) groups is 1. The summed E-state index contributed by atoms with van der Waals surface area (Å²) < 4.78 is 40.4. The molecular formula is C17H19F2IN4O3. The third kappa shape index (κ3) is 5.81. The highest BCUT2D eigenvalue weighted by atomic mass is 127. The molecule has 0 saturated heterocycles. The largest absolute Gasteiger partial charge is 0.454 e. The number of benzene rings is 1. The summed E-state index contributed by atoms with van der Waals surface area (Å²) in [6.45, 7) is -2.20. The molecule has 1 aromatic heterocycles. The van der Waals surface area contributed by atoms with Crippen LogP contribution >= 0.6 is 24.0 Å². The maximum Gasteiger partial charge on any atom is 0.387 e. The van der Waals surface area contributed by atoms with Gasteiger partial charge in [-0.2, -0.15) is 8.78 Å². The van der Waals surface area contributed by atoms with E-state index in [1.165, 1.54) is 6.07 Å². The van der Waals surface area contributed by atoms with E-state index in [4.69, 9.17) is 9.47 Å². The second kappa shape index (κ2) is 10.1. The zero-order valence-corrected chi connectivity index (χ0v) is 16.8. The minimum atomic E-state index is -2.93. The van der Waals surface area contributed by atoms with Gasteiger partial charge in [0.05, 0.1) is 12.2 Å². The van der Waals surface area contributed by atoms with E-state index in [1.807, 2.05) is 18.2 Å². The van der Waals surface area contributed by atoms with Gasteiger partial charge in [0.25, 0.3) is 0 Å². The summed E-state index contributed by atoms with van der Waals surface area (Å²) in [5.41, 5.74) is 1.34. The summed E-state index contributed by atoms with van der Waals surface area (Å²) >= 11 is 0. The summed E-state index contributed by atoms with van der Waals surface area (Å²) in [6, 6.07) is 8.61. The normalized spacial score (nSPS) is 12.5. The molecule has 27 heavy (non-hydrogen) atoms. The van der Waals surface area contributed by atoms with Crippen LogP contribution in [0.3, 0.4) is 0 Å². The number of fused-ring (bicyclic) bond motifs is 1. The molecule has 1 aliphatic heterocycles. The van der Waals surface area contributed by atoms with E-state index in [0.717, 1.165) is 5.69 Å². The number of hydrogen-bond acceptors (Lipinski definition) is 5. The van der Waals surface area contributed by atoms with Gasteiger partial charge in [0.1, 0.15) is 5.75 Å². The maximum absolute atomic E-state index is 12.7. The topological polar surface area (TPSA) is 77.0 Å². The van der Waals surface area contributed by atoms with Crippen LogP contribution in [0.1, 0.15) is 11.3 Å². The Labute approximate surface area is 172 Å². The van der Waals surface area contributed by atoms with E-state index in [2.05, 4.69) is 25.3 Å². The standard InChI is InChI=1S/C17H18F2N4O3.HI/c1-20-17(23-9-12-4-2-3-5-21-12)22-8-11-6-14-15(25-10-24-14)7-13(11)26-16(18)19;/h2-7,16H,8-10H2,1H3,(H2,20,22,23);1H. The first-order valence-corrected chi connectivity index (χ1v) is 7.87. The second-order valence-electron chi connectivity index (χ2n) is 5.29. The third-order valence-corrected chi connectivity index (χ3v) is 3.60. The summed E-state index contributed by atoms with van der Waals surface area (Å²) in [6.07, 6.45) is 1.70. The highest BCUT2D eigenvalue weighted by Crippen LogP contribution is 2.38. The highest BCUT2D eigenvalue weighted by Gasteiger charge is 2.20. The Bertz CT molecular complexity index is 778. The summed E-state index contributed by atoms with van der Waals surface area (Å²) in [5.74, 6) is 1.38. The first-order valence-electron chi connectivity index (χ1n) is 7.87. The molecule has 0 amide bonds. The number of hydrogen-bond donors (Lipinski definition) is 2. The van der Waals surface area contributed by atoms with E-state index in [-0.39, 0.29) is 43.1 Å². The Hall–Kier alpha value is -2.37. The molecule has 0 spiro atoms. The molecular weight excluding hydrogens is 473 g/mol. The van der Waals surface area contributed by atoms with Crippen LogP contribution in [0.2, 0.25) is 0 Å². The number of alkyl halides is 2. The summed E-state index contributed by atoms with van der Waals surface area (Å²) in [5, 5.41) is 6.15. The molecule has 0 atom stereocenters. The van der Waals surface area contributed by atoms with Crippen molar-refractivity contribution in [2.24, 2.45) is 4.99 Å². The Balaban J connectivity index is 0.00000261. The molecule has 1 aliphatic rings. The van der Waals surface area contributed by atoms with Gasteiger partial charge in [0, 0.05) is 31.4 Å². The molecule has 3 rings (SSSR count). The Kier molecular flexibility index (Phi) is 7.82. The first-order chi connectivity index (χ1) is 12.7. The van der Waals surface area contributed by atoms with Gasteiger partial charge in [-0.15, -0.1) is 24.0 Å². The fraction of sp³-hybridized carbons (Fsp3) is 0.294. The van der Waals surface area contributed by atoms with Crippen molar-refractivity contribution in [2.45, 2.75) is 19.7 Å². The maximum atomic E-state index is 12.7. The van der Waals surface area contributed by atoms with Crippen molar-refractivity contribution in [1.29, 1.82) is 0 Å². The van der Waals surface area contributed by atoms with Crippen molar-refractivity contribution in [3.63, 3.8) is 0 Å². The number of aromatic nitrogens is 1. The van der Waals surface area contributed by atoms with Gasteiger partial charge in [-0.1, -0.05) is 6.07 Å². The number of ether oxygens (including phenoxy) is 3. The summed E-state index contributed by atoms with van der Waals surface area (Å²) in [7, 11) is 1.62. The molecule has 146 valence electrons. The smallest absolute Gasteiger partial charge is 0.387 e. The van der Waals surface area contributed by atoms with Gasteiger partial charge in [-0.25, -0.2) is 0 Å². The molecule has 2 N–H and O–H groups in total. The zero-order valence-electron chi connectivity index (χ0n) is 14.4. The molecule has 0 saturated carbocycles. The lowest BCUT2D eigenvalue weighted by atomic mass is 10.1. The Morgan fingerprint density at radius 3 is 2.63 bits per heavy atom. The van der Waals surface area contributed by atoms with Crippen molar-refractivity contribution < 1.29 is 23.0 Å². The first kappa shape index (κ1) is 20.9. The van der Waals surface area contributed by atoms with Crippen LogP contribution in [-0.2, 0) is 13.1 Å². The van der Waals surface area contributed by atoms with Crippen LogP contribution < -0.4 is 24.8 Å². The Morgan fingerprint density at radius 2 is 1.96 bits per heavy atom. The van der Waals surface area contributed by atoms with Gasteiger partial charge < -0.3 is 24.8 Å². The van der Waals surface area contributed by atoms with E-state index < -0.39 is 6.61 Å². The lowest BCUT2D eigenvalue weighted by Crippen LogP contribution is -2.36. The van der Waals surface area contributed by atoms with Crippen LogP contribution in [0.25, 0.3) is 0 Å². The Morgan fingerprint density at radius 1 is 1.22 bits per heavy atom. The molecule has 10 heteroatoms. The van der Waals surface area contributed by atoms with Crippen LogP contribution in [0.15, 0.2) is 41.5 Å². The molecule has 1 aromatic carbocycles. The predicted molar refractivity (Wildman–Crippen MR) is 106 cm³/mol. The van der Waals surface area contributed by atoms with Crippen molar-refractivity contribution in [3.8, 4) is 17.2 Å². The SMILES string of the molecule is CN=C(NCc1ccccn1)NCc1cc2c(cc1OC(F)F)OCO2.I. The van der Waals surface area contributed by atoms with Crippen LogP contribution in [-0.4, -0.2) is 31.4 Å². The molecule has 0 unspecified atom stereocenters. The lowest BCUT2D eigenvalue weighted by Gasteiger charge is -2.15. The van der Waals surface area contributed by atoms with Gasteiger partial charge in [-0.05, 0) is 18.2 Å². The number of guanidine groups is 1. The fourth-order valence-corrected chi connectivity index (χ4v) is 2.39. The average Bonchev–Trinajstić information content (AvgIpc) is 3.09. The minimum absolute atomic E-state index is 0. The third-order valence-electron chi connectivity index (χ3n) is 3.60. The monoisotopic (exact) mass is 492 g/mol. The van der Waals surface area contributed by atoms with Crippen LogP contribution in [0.5, 0.6) is 17.2 Å². The molecule has 0 fully saturated rings. The summed E-state index contributed by atoms with van der Waals surface area (Å²) in [4.78, 5) is 8.31. The van der Waals surface area contributed by atoms with Crippen LogP contribution in [0.4, 0.5) is 8.78 Å². The van der Waals surface area contributed by atoms with Gasteiger partial charge in [0.2, 0.25) is 6.79 Å². The van der Waals surface area contributed by atoms with E-state index in [0.29, 0.717) is 29.6 Å². The number of rotatable bonds is 6. The van der Waals surface area contributed by atoms with E-state index >= 15 is 0 Å². The molecule has 0 radical (unpaired) electrons.